The Morgan fingerprint density at radius 1 is 1.33 bits per heavy atom. The van der Waals surface area contributed by atoms with Crippen molar-refractivity contribution in [1.29, 1.82) is 5.26 Å². The first-order valence-electron chi connectivity index (χ1n) is 5.66. The Balaban J connectivity index is 2.32. The highest BCUT2D eigenvalue weighted by atomic mass is 16.5. The normalized spacial score (nSPS) is 9.78. The summed E-state index contributed by atoms with van der Waals surface area (Å²) in [6, 6.07) is 11.0. The molecule has 4 heteroatoms. The number of pyridine rings is 1. The predicted molar refractivity (Wildman–Crippen MR) is 69.3 cm³/mol. The summed E-state index contributed by atoms with van der Waals surface area (Å²) in [7, 11) is 0. The Hall–Kier alpha value is -2.54. The first kappa shape index (κ1) is 11.9. The van der Waals surface area contributed by atoms with Crippen LogP contribution in [0.3, 0.4) is 0 Å². The molecule has 0 aliphatic carbocycles. The molecule has 0 spiro atoms. The lowest BCUT2D eigenvalue weighted by atomic mass is 10.1. The van der Waals surface area contributed by atoms with Gasteiger partial charge in [0, 0.05) is 6.20 Å². The van der Waals surface area contributed by atoms with Crippen molar-refractivity contribution in [3.05, 3.63) is 47.8 Å². The summed E-state index contributed by atoms with van der Waals surface area (Å²) < 4.78 is 5.62. The summed E-state index contributed by atoms with van der Waals surface area (Å²) in [6.07, 6.45) is 2.47. The van der Waals surface area contributed by atoms with Crippen LogP contribution < -0.4 is 10.5 Å². The quantitative estimate of drug-likeness (QED) is 0.836. The number of hydrogen-bond donors (Lipinski definition) is 1. The lowest BCUT2D eigenvalue weighted by Crippen LogP contribution is -1.96. The molecule has 0 bridgehead atoms. The molecule has 0 saturated heterocycles. The number of nitrogen functional groups attached to an aromatic ring is 1. The maximum atomic E-state index is 8.92. The van der Waals surface area contributed by atoms with Crippen molar-refractivity contribution < 1.29 is 4.74 Å². The van der Waals surface area contributed by atoms with Gasteiger partial charge in [-0.05, 0) is 36.2 Å². The fourth-order valence-electron chi connectivity index (χ4n) is 1.59. The SMILES string of the molecule is CCc1ccc(Oc2cccnc2C#N)c(N)c1. The molecule has 0 atom stereocenters. The van der Waals surface area contributed by atoms with Crippen LogP contribution in [0.1, 0.15) is 18.2 Å². The fraction of sp³-hybridized carbons (Fsp3) is 0.143. The van der Waals surface area contributed by atoms with Crippen LogP contribution in [0.4, 0.5) is 5.69 Å². The first-order chi connectivity index (χ1) is 8.74. The molecule has 2 N–H and O–H groups in total. The van der Waals surface area contributed by atoms with Crippen LogP contribution in [-0.4, -0.2) is 4.98 Å². The number of nitrogens with zero attached hydrogens (tertiary/aromatic N) is 2. The average Bonchev–Trinajstić information content (AvgIpc) is 2.41. The molecule has 0 aliphatic rings. The molecule has 0 amide bonds. The first-order valence-corrected chi connectivity index (χ1v) is 5.66. The van der Waals surface area contributed by atoms with Crippen molar-refractivity contribution in [2.24, 2.45) is 0 Å². The molecule has 1 aromatic heterocycles. The van der Waals surface area contributed by atoms with Crippen LogP contribution in [0.5, 0.6) is 11.5 Å². The Morgan fingerprint density at radius 3 is 2.83 bits per heavy atom. The highest BCUT2D eigenvalue weighted by Gasteiger charge is 2.07. The molecule has 0 fully saturated rings. The van der Waals surface area contributed by atoms with Gasteiger partial charge in [0.2, 0.25) is 0 Å². The minimum Gasteiger partial charge on any atom is -0.452 e. The van der Waals surface area contributed by atoms with Gasteiger partial charge < -0.3 is 10.5 Å². The van der Waals surface area contributed by atoms with Crippen molar-refractivity contribution in [2.75, 3.05) is 5.73 Å². The van der Waals surface area contributed by atoms with E-state index in [1.54, 1.807) is 18.3 Å². The van der Waals surface area contributed by atoms with Crippen molar-refractivity contribution >= 4 is 5.69 Å². The van der Waals surface area contributed by atoms with E-state index in [4.69, 9.17) is 15.7 Å². The molecule has 2 rings (SSSR count). The molecule has 90 valence electrons. The molecule has 1 heterocycles. The monoisotopic (exact) mass is 239 g/mol. The minimum absolute atomic E-state index is 0.247. The number of nitriles is 1. The van der Waals surface area contributed by atoms with E-state index in [0.717, 1.165) is 12.0 Å². The minimum atomic E-state index is 0.247. The molecule has 0 aliphatic heterocycles. The second-order valence-corrected chi connectivity index (χ2v) is 3.79. The highest BCUT2D eigenvalue weighted by Crippen LogP contribution is 2.29. The van der Waals surface area contributed by atoms with E-state index in [9.17, 15) is 0 Å². The van der Waals surface area contributed by atoms with Crippen LogP contribution in [0, 0.1) is 11.3 Å². The average molecular weight is 239 g/mol. The molecule has 2 aromatic rings. The van der Waals surface area contributed by atoms with E-state index in [2.05, 4.69) is 11.9 Å². The second kappa shape index (κ2) is 5.19. The van der Waals surface area contributed by atoms with Gasteiger partial charge in [0.1, 0.15) is 11.8 Å². The summed E-state index contributed by atoms with van der Waals surface area (Å²) in [5.74, 6) is 0.952. The maximum absolute atomic E-state index is 8.92. The van der Waals surface area contributed by atoms with Crippen LogP contribution in [0.15, 0.2) is 36.5 Å². The molecule has 0 unspecified atom stereocenters. The zero-order chi connectivity index (χ0) is 13.0. The number of rotatable bonds is 3. The number of aromatic nitrogens is 1. The van der Waals surface area contributed by atoms with Gasteiger partial charge in [-0.25, -0.2) is 4.98 Å². The van der Waals surface area contributed by atoms with Crippen LogP contribution in [-0.2, 0) is 6.42 Å². The van der Waals surface area contributed by atoms with E-state index in [1.165, 1.54) is 0 Å². The topological polar surface area (TPSA) is 71.9 Å². The van der Waals surface area contributed by atoms with Gasteiger partial charge in [0.15, 0.2) is 11.4 Å². The third-order valence-corrected chi connectivity index (χ3v) is 2.58. The molecule has 0 saturated carbocycles. The van der Waals surface area contributed by atoms with Crippen molar-refractivity contribution in [2.45, 2.75) is 13.3 Å². The molecule has 4 nitrogen and oxygen atoms in total. The van der Waals surface area contributed by atoms with Crippen LogP contribution in [0.25, 0.3) is 0 Å². The van der Waals surface area contributed by atoms with E-state index in [1.807, 2.05) is 24.3 Å². The van der Waals surface area contributed by atoms with Gasteiger partial charge in [-0.1, -0.05) is 13.0 Å². The van der Waals surface area contributed by atoms with Gasteiger partial charge in [-0.15, -0.1) is 0 Å². The highest BCUT2D eigenvalue weighted by molar-refractivity contribution is 5.56. The molecule has 0 radical (unpaired) electrons. The standard InChI is InChI=1S/C14H13N3O/c1-2-10-5-6-13(11(16)8-10)18-14-4-3-7-17-12(14)9-15/h3-8H,2,16H2,1H3. The number of benzene rings is 1. The maximum Gasteiger partial charge on any atom is 0.183 e. The Labute approximate surface area is 106 Å². The third-order valence-electron chi connectivity index (χ3n) is 2.58. The smallest absolute Gasteiger partial charge is 0.183 e. The van der Waals surface area contributed by atoms with E-state index < -0.39 is 0 Å². The number of ether oxygens (including phenoxy) is 1. The number of anilines is 1. The molecule has 1 aromatic carbocycles. The van der Waals surface area contributed by atoms with Gasteiger partial charge in [-0.2, -0.15) is 5.26 Å². The predicted octanol–water partition coefficient (Wildman–Crippen LogP) is 2.89. The van der Waals surface area contributed by atoms with Gasteiger partial charge in [0.05, 0.1) is 5.69 Å². The van der Waals surface area contributed by atoms with E-state index >= 15 is 0 Å². The second-order valence-electron chi connectivity index (χ2n) is 3.79. The number of hydrogen-bond acceptors (Lipinski definition) is 4. The largest absolute Gasteiger partial charge is 0.452 e. The zero-order valence-corrected chi connectivity index (χ0v) is 10.1. The Kier molecular flexibility index (Phi) is 3.44. The fourth-order valence-corrected chi connectivity index (χ4v) is 1.59. The third kappa shape index (κ3) is 2.41. The summed E-state index contributed by atoms with van der Waals surface area (Å²) in [6.45, 7) is 2.06. The summed E-state index contributed by atoms with van der Waals surface area (Å²) in [4.78, 5) is 3.93. The van der Waals surface area contributed by atoms with Gasteiger partial charge in [0.25, 0.3) is 0 Å². The van der Waals surface area contributed by atoms with E-state index in [0.29, 0.717) is 17.2 Å². The van der Waals surface area contributed by atoms with Gasteiger partial charge in [-0.3, -0.25) is 0 Å². The van der Waals surface area contributed by atoms with Crippen molar-refractivity contribution in [3.8, 4) is 17.6 Å². The number of nitrogens with two attached hydrogens (primary N) is 1. The lowest BCUT2D eigenvalue weighted by molar-refractivity contribution is 0.480. The lowest BCUT2D eigenvalue weighted by Gasteiger charge is -2.10. The van der Waals surface area contributed by atoms with Crippen LogP contribution in [0.2, 0.25) is 0 Å². The summed E-state index contributed by atoms with van der Waals surface area (Å²) in [5.41, 5.74) is 7.86. The van der Waals surface area contributed by atoms with Crippen LogP contribution >= 0.6 is 0 Å². The van der Waals surface area contributed by atoms with Crippen molar-refractivity contribution in [3.63, 3.8) is 0 Å². The van der Waals surface area contributed by atoms with Gasteiger partial charge >= 0.3 is 0 Å². The summed E-state index contributed by atoms with van der Waals surface area (Å²) >= 11 is 0. The van der Waals surface area contributed by atoms with Crippen molar-refractivity contribution in [1.82, 2.24) is 4.98 Å². The molecule has 18 heavy (non-hydrogen) atoms. The Bertz CT molecular complexity index is 602. The summed E-state index contributed by atoms with van der Waals surface area (Å²) in [5, 5.41) is 8.92. The molecular weight excluding hydrogens is 226 g/mol. The zero-order valence-electron chi connectivity index (χ0n) is 10.1. The molecular formula is C14H13N3O. The number of aryl methyl sites for hydroxylation is 1. The Morgan fingerprint density at radius 2 is 2.17 bits per heavy atom. The van der Waals surface area contributed by atoms with E-state index in [-0.39, 0.29) is 5.69 Å².